The molecule has 0 unspecified atom stereocenters. The summed E-state index contributed by atoms with van der Waals surface area (Å²) in [4.78, 5) is 16.3. The molecule has 32 heavy (non-hydrogen) atoms. The molecule has 1 heterocycles. The van der Waals surface area contributed by atoms with Gasteiger partial charge in [-0.1, -0.05) is 12.1 Å². The average molecular weight is 439 g/mol. The van der Waals surface area contributed by atoms with Crippen LogP contribution in [0.1, 0.15) is 0 Å². The molecule has 0 bridgehead atoms. The van der Waals surface area contributed by atoms with Gasteiger partial charge < -0.3 is 15.4 Å². The molecule has 0 spiro atoms. The van der Waals surface area contributed by atoms with E-state index in [-0.39, 0.29) is 23.1 Å². The van der Waals surface area contributed by atoms with Gasteiger partial charge in [-0.25, -0.2) is 22.6 Å². The highest BCUT2D eigenvalue weighted by Gasteiger charge is 2.17. The number of benzene rings is 3. The number of carbonyl (C=O) groups is 1. The molecule has 2 amide bonds. The van der Waals surface area contributed by atoms with Crippen molar-refractivity contribution >= 4 is 17.4 Å². The molecule has 0 atom stereocenters. The number of nitrogens with one attached hydrogen (secondary N) is 2. The summed E-state index contributed by atoms with van der Waals surface area (Å²) in [5, 5.41) is 9.07. The fourth-order valence-electron chi connectivity index (χ4n) is 2.94. The molecular weight excluding hydrogens is 423 g/mol. The number of rotatable bonds is 5. The fourth-order valence-corrected chi connectivity index (χ4v) is 2.94. The van der Waals surface area contributed by atoms with E-state index in [4.69, 9.17) is 4.74 Å². The predicted molar refractivity (Wildman–Crippen MR) is 112 cm³/mol. The van der Waals surface area contributed by atoms with Crippen LogP contribution < -0.4 is 15.4 Å². The standard InChI is InChI=1S/C22H16F3N5O2/c1-32-22-28-20(16-4-2-3-5-17(16)24)30(29-22)15-9-7-14(8-10-15)26-21(31)27-19-11-6-13(23)12-18(19)25/h2-12H,1H3,(H2,26,27,31). The van der Waals surface area contributed by atoms with Crippen molar-refractivity contribution in [3.63, 3.8) is 0 Å². The second-order valence-corrected chi connectivity index (χ2v) is 6.56. The first-order valence-corrected chi connectivity index (χ1v) is 9.34. The van der Waals surface area contributed by atoms with Gasteiger partial charge in [-0.05, 0) is 48.5 Å². The summed E-state index contributed by atoms with van der Waals surface area (Å²) in [5.74, 6) is -1.86. The van der Waals surface area contributed by atoms with Gasteiger partial charge in [-0.15, -0.1) is 5.10 Å². The van der Waals surface area contributed by atoms with E-state index in [0.717, 1.165) is 12.1 Å². The normalized spacial score (nSPS) is 10.6. The molecule has 0 aliphatic carbocycles. The number of anilines is 2. The number of nitrogens with zero attached hydrogens (tertiary/aromatic N) is 3. The maximum absolute atomic E-state index is 14.3. The first kappa shape index (κ1) is 20.9. The number of carbonyl (C=O) groups excluding carboxylic acids is 1. The lowest BCUT2D eigenvalue weighted by Gasteiger charge is -2.10. The Balaban J connectivity index is 1.55. The lowest BCUT2D eigenvalue weighted by atomic mass is 10.2. The van der Waals surface area contributed by atoms with Crippen LogP contribution in [-0.4, -0.2) is 27.9 Å². The van der Waals surface area contributed by atoms with Gasteiger partial charge >= 0.3 is 12.0 Å². The number of methoxy groups -OCH3 is 1. The zero-order valence-corrected chi connectivity index (χ0v) is 16.6. The first-order valence-electron chi connectivity index (χ1n) is 9.34. The summed E-state index contributed by atoms with van der Waals surface area (Å²) < 4.78 is 47.5. The fraction of sp³-hybridized carbons (Fsp3) is 0.0455. The lowest BCUT2D eigenvalue weighted by Crippen LogP contribution is -2.20. The van der Waals surface area contributed by atoms with E-state index in [9.17, 15) is 18.0 Å². The number of ether oxygens (including phenoxy) is 1. The summed E-state index contributed by atoms with van der Waals surface area (Å²) >= 11 is 0. The maximum atomic E-state index is 14.3. The van der Waals surface area contributed by atoms with Gasteiger partial charge in [0.2, 0.25) is 0 Å². The molecule has 0 aliphatic rings. The molecule has 4 aromatic rings. The minimum absolute atomic E-state index is 0.0613. The monoisotopic (exact) mass is 439 g/mol. The van der Waals surface area contributed by atoms with Gasteiger partial charge in [0.1, 0.15) is 17.5 Å². The van der Waals surface area contributed by atoms with Gasteiger partial charge in [0.15, 0.2) is 5.82 Å². The first-order chi connectivity index (χ1) is 15.4. The smallest absolute Gasteiger partial charge is 0.336 e. The van der Waals surface area contributed by atoms with Crippen LogP contribution in [0.4, 0.5) is 29.3 Å². The molecule has 10 heteroatoms. The third-order valence-corrected chi connectivity index (χ3v) is 4.43. The number of hydrogen-bond donors (Lipinski definition) is 2. The number of amides is 2. The van der Waals surface area contributed by atoms with Crippen LogP contribution in [-0.2, 0) is 0 Å². The van der Waals surface area contributed by atoms with Crippen molar-refractivity contribution in [1.29, 1.82) is 0 Å². The van der Waals surface area contributed by atoms with Crippen molar-refractivity contribution in [3.05, 3.63) is 84.2 Å². The highest BCUT2D eigenvalue weighted by Crippen LogP contribution is 2.26. The van der Waals surface area contributed by atoms with Crippen molar-refractivity contribution < 1.29 is 22.7 Å². The molecule has 0 saturated heterocycles. The Labute approximate surface area is 180 Å². The van der Waals surface area contributed by atoms with Gasteiger partial charge in [-0.2, -0.15) is 4.98 Å². The zero-order chi connectivity index (χ0) is 22.7. The molecule has 0 saturated carbocycles. The largest absolute Gasteiger partial charge is 0.466 e. The van der Waals surface area contributed by atoms with E-state index in [1.54, 1.807) is 42.5 Å². The van der Waals surface area contributed by atoms with Crippen molar-refractivity contribution in [1.82, 2.24) is 14.8 Å². The number of urea groups is 1. The minimum Gasteiger partial charge on any atom is -0.466 e. The van der Waals surface area contributed by atoms with Crippen LogP contribution in [0.3, 0.4) is 0 Å². The molecule has 7 nitrogen and oxygen atoms in total. The van der Waals surface area contributed by atoms with Crippen molar-refractivity contribution in [2.75, 3.05) is 17.7 Å². The number of aromatic nitrogens is 3. The van der Waals surface area contributed by atoms with E-state index >= 15 is 0 Å². The molecule has 0 radical (unpaired) electrons. The van der Waals surface area contributed by atoms with Crippen LogP contribution >= 0.6 is 0 Å². The van der Waals surface area contributed by atoms with Gasteiger partial charge in [0, 0.05) is 11.8 Å². The van der Waals surface area contributed by atoms with E-state index in [0.29, 0.717) is 17.4 Å². The lowest BCUT2D eigenvalue weighted by molar-refractivity contribution is 0.262. The summed E-state index contributed by atoms with van der Waals surface area (Å²) in [5.41, 5.74) is 1.01. The number of halogens is 3. The van der Waals surface area contributed by atoms with Crippen LogP contribution in [0.2, 0.25) is 0 Å². The Morgan fingerprint density at radius 3 is 2.38 bits per heavy atom. The SMILES string of the molecule is COc1nc(-c2ccccc2F)n(-c2ccc(NC(=O)Nc3ccc(F)cc3F)cc2)n1. The molecule has 0 aliphatic heterocycles. The quantitative estimate of drug-likeness (QED) is 0.458. The summed E-state index contributed by atoms with van der Waals surface area (Å²) in [6, 6.07) is 14.7. The van der Waals surface area contributed by atoms with E-state index in [2.05, 4.69) is 20.7 Å². The van der Waals surface area contributed by atoms with Gasteiger partial charge in [-0.3, -0.25) is 0 Å². The molecule has 4 rings (SSSR count). The predicted octanol–water partition coefficient (Wildman–Crippen LogP) is 5.00. The van der Waals surface area contributed by atoms with Crippen LogP contribution in [0, 0.1) is 17.5 Å². The Kier molecular flexibility index (Phi) is 5.75. The van der Waals surface area contributed by atoms with Crippen molar-refractivity contribution in [2.24, 2.45) is 0 Å². The van der Waals surface area contributed by atoms with E-state index < -0.39 is 23.5 Å². The Hall–Kier alpha value is -4.34. The second-order valence-electron chi connectivity index (χ2n) is 6.56. The van der Waals surface area contributed by atoms with Crippen molar-refractivity contribution in [2.45, 2.75) is 0 Å². The highest BCUT2D eigenvalue weighted by atomic mass is 19.1. The maximum Gasteiger partial charge on any atom is 0.336 e. The molecule has 0 fully saturated rings. The van der Waals surface area contributed by atoms with E-state index in [1.807, 2.05) is 0 Å². The van der Waals surface area contributed by atoms with Gasteiger partial charge in [0.05, 0.1) is 24.0 Å². The minimum atomic E-state index is -0.892. The highest BCUT2D eigenvalue weighted by molar-refractivity contribution is 5.99. The Morgan fingerprint density at radius 1 is 0.938 bits per heavy atom. The van der Waals surface area contributed by atoms with Crippen LogP contribution in [0.25, 0.3) is 17.1 Å². The summed E-state index contributed by atoms with van der Waals surface area (Å²) in [6.45, 7) is 0. The Bertz CT molecular complexity index is 1280. The van der Waals surface area contributed by atoms with Crippen LogP contribution in [0.15, 0.2) is 66.7 Å². The van der Waals surface area contributed by atoms with E-state index in [1.165, 1.54) is 17.9 Å². The second kappa shape index (κ2) is 8.80. The molecule has 1 aromatic heterocycles. The molecule has 2 N–H and O–H groups in total. The van der Waals surface area contributed by atoms with Crippen LogP contribution in [0.5, 0.6) is 6.01 Å². The molecule has 162 valence electrons. The summed E-state index contributed by atoms with van der Waals surface area (Å²) in [7, 11) is 1.40. The third-order valence-electron chi connectivity index (χ3n) is 4.43. The number of hydrogen-bond acceptors (Lipinski definition) is 4. The zero-order valence-electron chi connectivity index (χ0n) is 16.6. The topological polar surface area (TPSA) is 81.1 Å². The molecular formula is C22H16F3N5O2. The summed E-state index contributed by atoms with van der Waals surface area (Å²) in [6.07, 6.45) is 0. The average Bonchev–Trinajstić information content (AvgIpc) is 3.21. The van der Waals surface area contributed by atoms with Crippen molar-refractivity contribution in [3.8, 4) is 23.1 Å². The third kappa shape index (κ3) is 4.38. The van der Waals surface area contributed by atoms with Gasteiger partial charge in [0.25, 0.3) is 0 Å². The Morgan fingerprint density at radius 2 is 1.69 bits per heavy atom. The molecule has 3 aromatic carbocycles.